The summed E-state index contributed by atoms with van der Waals surface area (Å²) in [4.78, 5) is 35.1. The summed E-state index contributed by atoms with van der Waals surface area (Å²) in [6.07, 6.45) is 0.207. The van der Waals surface area contributed by atoms with Crippen LogP contribution < -0.4 is 10.6 Å². The molecule has 0 aliphatic carbocycles. The minimum atomic E-state index is -0.374. The summed E-state index contributed by atoms with van der Waals surface area (Å²) in [5.41, 5.74) is 2.57. The van der Waals surface area contributed by atoms with Crippen LogP contribution in [0.25, 0.3) is 0 Å². The molecule has 2 N–H and O–H groups in total. The SMILES string of the molecule is CC(=O)Nc1ccc(CC(=O)Nc2ccc(C(=O)OCC(C)C)cc2)cc1. The Bertz CT molecular complexity index is 796. The van der Waals surface area contributed by atoms with Crippen molar-refractivity contribution in [2.75, 3.05) is 17.2 Å². The second-order valence-corrected chi connectivity index (χ2v) is 6.67. The molecule has 0 aliphatic rings. The van der Waals surface area contributed by atoms with Crippen LogP contribution in [0.4, 0.5) is 11.4 Å². The van der Waals surface area contributed by atoms with Crippen LogP contribution in [0.3, 0.4) is 0 Å². The first-order valence-corrected chi connectivity index (χ1v) is 8.77. The lowest BCUT2D eigenvalue weighted by Crippen LogP contribution is -2.15. The highest BCUT2D eigenvalue weighted by atomic mass is 16.5. The van der Waals surface area contributed by atoms with Crippen LogP contribution in [-0.2, 0) is 20.7 Å². The molecule has 0 heterocycles. The molecule has 6 heteroatoms. The van der Waals surface area contributed by atoms with E-state index in [9.17, 15) is 14.4 Å². The van der Waals surface area contributed by atoms with E-state index in [1.165, 1.54) is 6.92 Å². The number of anilines is 2. The Morgan fingerprint density at radius 1 is 0.889 bits per heavy atom. The smallest absolute Gasteiger partial charge is 0.338 e. The molecule has 0 radical (unpaired) electrons. The molecule has 2 aromatic carbocycles. The highest BCUT2D eigenvalue weighted by molar-refractivity contribution is 5.94. The zero-order valence-corrected chi connectivity index (χ0v) is 15.7. The predicted octanol–water partition coefficient (Wildman–Crippen LogP) is 3.64. The number of benzene rings is 2. The van der Waals surface area contributed by atoms with Gasteiger partial charge >= 0.3 is 5.97 Å². The van der Waals surface area contributed by atoms with Crippen LogP contribution in [0.5, 0.6) is 0 Å². The fourth-order valence-electron chi connectivity index (χ4n) is 2.32. The third-order valence-corrected chi connectivity index (χ3v) is 3.59. The van der Waals surface area contributed by atoms with Gasteiger partial charge in [0, 0.05) is 18.3 Å². The van der Waals surface area contributed by atoms with Gasteiger partial charge in [0.25, 0.3) is 0 Å². The monoisotopic (exact) mass is 368 g/mol. The molecule has 0 aliphatic heterocycles. The quantitative estimate of drug-likeness (QED) is 0.731. The number of hydrogen-bond acceptors (Lipinski definition) is 4. The van der Waals surface area contributed by atoms with E-state index in [1.807, 2.05) is 13.8 Å². The molecule has 0 spiro atoms. The Balaban J connectivity index is 1.88. The number of esters is 1. The van der Waals surface area contributed by atoms with Gasteiger partial charge in [-0.05, 0) is 47.9 Å². The molecular weight excluding hydrogens is 344 g/mol. The summed E-state index contributed by atoms with van der Waals surface area (Å²) in [6, 6.07) is 13.7. The highest BCUT2D eigenvalue weighted by Crippen LogP contribution is 2.13. The first-order valence-electron chi connectivity index (χ1n) is 8.77. The minimum absolute atomic E-state index is 0.142. The minimum Gasteiger partial charge on any atom is -0.462 e. The summed E-state index contributed by atoms with van der Waals surface area (Å²) >= 11 is 0. The van der Waals surface area contributed by atoms with Crippen molar-refractivity contribution in [3.05, 3.63) is 59.7 Å². The lowest BCUT2D eigenvalue weighted by atomic mass is 10.1. The van der Waals surface area contributed by atoms with E-state index < -0.39 is 0 Å². The normalized spacial score (nSPS) is 10.4. The summed E-state index contributed by atoms with van der Waals surface area (Å²) in [6.45, 7) is 5.76. The summed E-state index contributed by atoms with van der Waals surface area (Å²) in [5, 5.41) is 5.47. The molecule has 0 bridgehead atoms. The first kappa shape index (κ1) is 20.2. The zero-order valence-electron chi connectivity index (χ0n) is 15.7. The van der Waals surface area contributed by atoms with Gasteiger partial charge in [-0.3, -0.25) is 9.59 Å². The standard InChI is InChI=1S/C21H24N2O4/c1-14(2)13-27-21(26)17-6-10-19(11-7-17)23-20(25)12-16-4-8-18(9-5-16)22-15(3)24/h4-11,14H,12-13H2,1-3H3,(H,22,24)(H,23,25). The molecule has 142 valence electrons. The van der Waals surface area contributed by atoms with Gasteiger partial charge < -0.3 is 15.4 Å². The number of hydrogen-bond donors (Lipinski definition) is 2. The Morgan fingerprint density at radius 3 is 2.00 bits per heavy atom. The number of carbonyl (C=O) groups excluding carboxylic acids is 3. The Hall–Kier alpha value is -3.15. The number of rotatable bonds is 7. The second kappa shape index (κ2) is 9.52. The van der Waals surface area contributed by atoms with E-state index in [-0.39, 0.29) is 30.1 Å². The van der Waals surface area contributed by atoms with Gasteiger partial charge in [0.1, 0.15) is 0 Å². The molecule has 0 saturated carbocycles. The molecule has 0 atom stereocenters. The average Bonchev–Trinajstić information content (AvgIpc) is 2.61. The predicted molar refractivity (Wildman–Crippen MR) is 105 cm³/mol. The van der Waals surface area contributed by atoms with E-state index in [0.29, 0.717) is 23.5 Å². The first-order chi connectivity index (χ1) is 12.8. The third kappa shape index (κ3) is 6.93. The van der Waals surface area contributed by atoms with Crippen molar-refractivity contribution in [1.29, 1.82) is 0 Å². The molecular formula is C21H24N2O4. The lowest BCUT2D eigenvalue weighted by Gasteiger charge is -2.09. The summed E-state index contributed by atoms with van der Waals surface area (Å²) in [7, 11) is 0. The van der Waals surface area contributed by atoms with Gasteiger partial charge in [0.05, 0.1) is 18.6 Å². The zero-order chi connectivity index (χ0) is 19.8. The van der Waals surface area contributed by atoms with E-state index in [0.717, 1.165) is 5.56 Å². The van der Waals surface area contributed by atoms with Crippen LogP contribution in [0, 0.1) is 5.92 Å². The molecule has 0 unspecified atom stereocenters. The van der Waals surface area contributed by atoms with Gasteiger partial charge in [-0.1, -0.05) is 26.0 Å². The second-order valence-electron chi connectivity index (χ2n) is 6.67. The molecule has 0 aromatic heterocycles. The topological polar surface area (TPSA) is 84.5 Å². The third-order valence-electron chi connectivity index (χ3n) is 3.59. The lowest BCUT2D eigenvalue weighted by molar-refractivity contribution is -0.116. The van der Waals surface area contributed by atoms with Crippen molar-refractivity contribution >= 4 is 29.2 Å². The van der Waals surface area contributed by atoms with Gasteiger partial charge in [-0.2, -0.15) is 0 Å². The molecule has 27 heavy (non-hydrogen) atoms. The Morgan fingerprint density at radius 2 is 1.44 bits per heavy atom. The van der Waals surface area contributed by atoms with Gasteiger partial charge in [-0.25, -0.2) is 4.79 Å². The van der Waals surface area contributed by atoms with E-state index >= 15 is 0 Å². The van der Waals surface area contributed by atoms with Crippen molar-refractivity contribution < 1.29 is 19.1 Å². The van der Waals surface area contributed by atoms with Crippen LogP contribution in [0.1, 0.15) is 36.7 Å². The fraction of sp³-hybridized carbons (Fsp3) is 0.286. The maximum atomic E-state index is 12.2. The molecule has 2 aromatic rings. The van der Waals surface area contributed by atoms with Gasteiger partial charge in [0.15, 0.2) is 0 Å². The maximum Gasteiger partial charge on any atom is 0.338 e. The molecule has 2 amide bonds. The van der Waals surface area contributed by atoms with Crippen molar-refractivity contribution in [3.8, 4) is 0 Å². The molecule has 6 nitrogen and oxygen atoms in total. The van der Waals surface area contributed by atoms with Crippen molar-refractivity contribution in [2.45, 2.75) is 27.2 Å². The van der Waals surface area contributed by atoms with E-state index in [1.54, 1.807) is 48.5 Å². The van der Waals surface area contributed by atoms with Gasteiger partial charge in [-0.15, -0.1) is 0 Å². The average molecular weight is 368 g/mol. The van der Waals surface area contributed by atoms with Gasteiger partial charge in [0.2, 0.25) is 11.8 Å². The van der Waals surface area contributed by atoms with Crippen LogP contribution in [-0.4, -0.2) is 24.4 Å². The summed E-state index contributed by atoms with van der Waals surface area (Å²) in [5.74, 6) is -0.407. The number of nitrogens with one attached hydrogen (secondary N) is 2. The van der Waals surface area contributed by atoms with Crippen molar-refractivity contribution in [2.24, 2.45) is 5.92 Å². The van der Waals surface area contributed by atoms with Crippen LogP contribution in [0.15, 0.2) is 48.5 Å². The number of amides is 2. The Kier molecular flexibility index (Phi) is 7.11. The van der Waals surface area contributed by atoms with E-state index in [2.05, 4.69) is 10.6 Å². The highest BCUT2D eigenvalue weighted by Gasteiger charge is 2.09. The van der Waals surface area contributed by atoms with Crippen LogP contribution >= 0.6 is 0 Å². The van der Waals surface area contributed by atoms with Crippen molar-refractivity contribution in [3.63, 3.8) is 0 Å². The maximum absolute atomic E-state index is 12.2. The number of ether oxygens (including phenoxy) is 1. The van der Waals surface area contributed by atoms with Crippen molar-refractivity contribution in [1.82, 2.24) is 0 Å². The summed E-state index contributed by atoms with van der Waals surface area (Å²) < 4.78 is 5.17. The molecule has 0 fully saturated rings. The van der Waals surface area contributed by atoms with Crippen LogP contribution in [0.2, 0.25) is 0 Å². The fourth-order valence-corrected chi connectivity index (χ4v) is 2.32. The molecule has 0 saturated heterocycles. The molecule has 2 rings (SSSR count). The Labute approximate surface area is 158 Å². The largest absolute Gasteiger partial charge is 0.462 e. The van der Waals surface area contributed by atoms with E-state index in [4.69, 9.17) is 4.74 Å². The number of carbonyl (C=O) groups is 3.